The van der Waals surface area contributed by atoms with Gasteiger partial charge in [0.25, 0.3) is 0 Å². The second kappa shape index (κ2) is 4.41. The second-order valence-corrected chi connectivity index (χ2v) is 6.40. The second-order valence-electron chi connectivity index (χ2n) is 4.65. The van der Waals surface area contributed by atoms with E-state index in [1.807, 2.05) is 11.8 Å². The van der Waals surface area contributed by atoms with Crippen molar-refractivity contribution in [2.45, 2.75) is 37.8 Å². The predicted molar refractivity (Wildman–Crippen MR) is 72.3 cm³/mol. The fourth-order valence-electron chi connectivity index (χ4n) is 2.46. The molecule has 1 N–H and O–H groups in total. The van der Waals surface area contributed by atoms with Gasteiger partial charge in [-0.15, -0.1) is 0 Å². The molecule has 2 fully saturated rings. The Labute approximate surface area is 105 Å². The minimum Gasteiger partial charge on any atom is -0.359 e. The lowest BCUT2D eigenvalue weighted by Gasteiger charge is -2.21. The van der Waals surface area contributed by atoms with Crippen molar-refractivity contribution < 1.29 is 0 Å². The third-order valence-corrected chi connectivity index (χ3v) is 5.34. The van der Waals surface area contributed by atoms with Crippen LogP contribution in [0, 0.1) is 0 Å². The standard InChI is InChI=1S/C12H16N2S2/c1-2-5-12(4-1)9-16-11(14-12)13-7-10-3-6-15-8-10/h3,6,8H,1-2,4-5,7,9H2,(H,13,14). The summed E-state index contributed by atoms with van der Waals surface area (Å²) < 4.78 is 0. The van der Waals surface area contributed by atoms with Crippen molar-refractivity contribution in [2.75, 3.05) is 5.75 Å². The Hall–Kier alpha value is -0.480. The molecule has 2 heterocycles. The molecule has 0 aromatic carbocycles. The van der Waals surface area contributed by atoms with Gasteiger partial charge in [-0.3, -0.25) is 4.99 Å². The van der Waals surface area contributed by atoms with Crippen LogP contribution in [0.5, 0.6) is 0 Å². The minimum atomic E-state index is 0.401. The predicted octanol–water partition coefficient (Wildman–Crippen LogP) is 3.25. The highest BCUT2D eigenvalue weighted by Crippen LogP contribution is 2.37. The van der Waals surface area contributed by atoms with Crippen LogP contribution < -0.4 is 5.32 Å². The first kappa shape index (κ1) is 10.7. The molecule has 0 atom stereocenters. The van der Waals surface area contributed by atoms with Crippen LogP contribution in [-0.4, -0.2) is 16.5 Å². The fraction of sp³-hybridized carbons (Fsp3) is 0.583. The highest BCUT2D eigenvalue weighted by Gasteiger charge is 2.39. The number of amidine groups is 1. The van der Waals surface area contributed by atoms with Gasteiger partial charge in [0.15, 0.2) is 5.17 Å². The largest absolute Gasteiger partial charge is 0.359 e. The van der Waals surface area contributed by atoms with Crippen LogP contribution in [0.3, 0.4) is 0 Å². The third kappa shape index (κ3) is 2.13. The molecule has 16 heavy (non-hydrogen) atoms. The number of rotatable bonds is 2. The molecular formula is C12H16N2S2. The molecule has 0 amide bonds. The monoisotopic (exact) mass is 252 g/mol. The van der Waals surface area contributed by atoms with Crippen molar-refractivity contribution in [1.82, 2.24) is 5.32 Å². The zero-order valence-electron chi connectivity index (χ0n) is 9.24. The van der Waals surface area contributed by atoms with Gasteiger partial charge in [0.2, 0.25) is 0 Å². The Kier molecular flexibility index (Phi) is 2.94. The van der Waals surface area contributed by atoms with Crippen molar-refractivity contribution in [3.05, 3.63) is 22.4 Å². The molecule has 2 nitrogen and oxygen atoms in total. The SMILES string of the molecule is c1cc(CN=C2NC3(CCCC3)CS2)cs1. The molecule has 0 unspecified atom stereocenters. The Morgan fingerprint density at radius 2 is 2.25 bits per heavy atom. The quantitative estimate of drug-likeness (QED) is 0.873. The lowest BCUT2D eigenvalue weighted by molar-refractivity contribution is 0.452. The minimum absolute atomic E-state index is 0.401. The average molecular weight is 252 g/mol. The van der Waals surface area contributed by atoms with Gasteiger partial charge in [-0.2, -0.15) is 11.3 Å². The normalized spacial score (nSPS) is 25.4. The molecular weight excluding hydrogens is 236 g/mol. The topological polar surface area (TPSA) is 24.4 Å². The highest BCUT2D eigenvalue weighted by atomic mass is 32.2. The van der Waals surface area contributed by atoms with Crippen LogP contribution >= 0.6 is 23.1 Å². The number of aliphatic imine (C=N–C) groups is 1. The first-order valence-electron chi connectivity index (χ1n) is 5.83. The van der Waals surface area contributed by atoms with E-state index >= 15 is 0 Å². The maximum absolute atomic E-state index is 4.66. The maximum atomic E-state index is 4.66. The summed E-state index contributed by atoms with van der Waals surface area (Å²) in [6.07, 6.45) is 5.42. The molecule has 86 valence electrons. The molecule has 1 aliphatic heterocycles. The summed E-state index contributed by atoms with van der Waals surface area (Å²) in [5.41, 5.74) is 1.73. The van der Waals surface area contributed by atoms with E-state index in [0.717, 1.165) is 11.7 Å². The Morgan fingerprint density at radius 3 is 3.00 bits per heavy atom. The van der Waals surface area contributed by atoms with Crippen molar-refractivity contribution in [3.8, 4) is 0 Å². The molecule has 1 aliphatic carbocycles. The zero-order valence-corrected chi connectivity index (χ0v) is 10.9. The molecule has 0 radical (unpaired) electrons. The summed E-state index contributed by atoms with van der Waals surface area (Å²) in [6, 6.07) is 2.15. The molecule has 1 aromatic heterocycles. The van der Waals surface area contributed by atoms with Gasteiger partial charge in [-0.05, 0) is 35.2 Å². The van der Waals surface area contributed by atoms with Crippen molar-refractivity contribution in [1.29, 1.82) is 0 Å². The summed E-state index contributed by atoms with van der Waals surface area (Å²) in [6.45, 7) is 0.828. The molecule has 4 heteroatoms. The van der Waals surface area contributed by atoms with Crippen molar-refractivity contribution >= 4 is 28.3 Å². The van der Waals surface area contributed by atoms with E-state index in [-0.39, 0.29) is 0 Å². The molecule has 1 saturated carbocycles. The van der Waals surface area contributed by atoms with Gasteiger partial charge in [-0.25, -0.2) is 0 Å². The summed E-state index contributed by atoms with van der Waals surface area (Å²) in [4.78, 5) is 4.66. The van der Waals surface area contributed by atoms with Gasteiger partial charge in [0.05, 0.1) is 6.54 Å². The van der Waals surface area contributed by atoms with E-state index in [2.05, 4.69) is 27.1 Å². The van der Waals surface area contributed by atoms with Crippen LogP contribution in [0.1, 0.15) is 31.2 Å². The van der Waals surface area contributed by atoms with Gasteiger partial charge in [-0.1, -0.05) is 24.6 Å². The molecule has 1 aromatic rings. The molecule has 0 bridgehead atoms. The smallest absolute Gasteiger partial charge is 0.157 e. The fourth-order valence-corrected chi connectivity index (χ4v) is 4.34. The molecule has 3 rings (SSSR count). The first-order chi connectivity index (χ1) is 7.86. The number of thioether (sulfide) groups is 1. The number of nitrogens with zero attached hydrogens (tertiary/aromatic N) is 1. The first-order valence-corrected chi connectivity index (χ1v) is 7.76. The van der Waals surface area contributed by atoms with E-state index in [4.69, 9.17) is 0 Å². The van der Waals surface area contributed by atoms with E-state index in [0.29, 0.717) is 5.54 Å². The molecule has 2 aliphatic rings. The summed E-state index contributed by atoms with van der Waals surface area (Å²) >= 11 is 3.65. The van der Waals surface area contributed by atoms with Crippen LogP contribution in [0.15, 0.2) is 21.8 Å². The van der Waals surface area contributed by atoms with Crippen LogP contribution in [0.25, 0.3) is 0 Å². The zero-order chi connectivity index (χ0) is 10.8. The van der Waals surface area contributed by atoms with E-state index in [1.54, 1.807) is 11.3 Å². The van der Waals surface area contributed by atoms with Gasteiger partial charge in [0, 0.05) is 11.3 Å². The Bertz CT molecular complexity index is 378. The van der Waals surface area contributed by atoms with Gasteiger partial charge in [0.1, 0.15) is 0 Å². The van der Waals surface area contributed by atoms with Crippen molar-refractivity contribution in [2.24, 2.45) is 4.99 Å². The maximum Gasteiger partial charge on any atom is 0.157 e. The molecule has 1 saturated heterocycles. The summed E-state index contributed by atoms with van der Waals surface area (Å²) in [5.74, 6) is 1.22. The summed E-state index contributed by atoms with van der Waals surface area (Å²) in [5, 5.41) is 9.10. The lowest BCUT2D eigenvalue weighted by atomic mass is 10.0. The number of hydrogen-bond donors (Lipinski definition) is 1. The van der Waals surface area contributed by atoms with E-state index in [9.17, 15) is 0 Å². The highest BCUT2D eigenvalue weighted by molar-refractivity contribution is 8.14. The number of thiophene rings is 1. The number of nitrogens with one attached hydrogen (secondary N) is 1. The van der Waals surface area contributed by atoms with E-state index < -0.39 is 0 Å². The van der Waals surface area contributed by atoms with Crippen LogP contribution in [-0.2, 0) is 6.54 Å². The Morgan fingerprint density at radius 1 is 1.38 bits per heavy atom. The van der Waals surface area contributed by atoms with Gasteiger partial charge < -0.3 is 5.32 Å². The van der Waals surface area contributed by atoms with Crippen LogP contribution in [0.4, 0.5) is 0 Å². The van der Waals surface area contributed by atoms with E-state index in [1.165, 1.54) is 37.0 Å². The third-order valence-electron chi connectivity index (χ3n) is 3.40. The Balaban J connectivity index is 1.62. The number of hydrogen-bond acceptors (Lipinski definition) is 3. The van der Waals surface area contributed by atoms with Crippen molar-refractivity contribution in [3.63, 3.8) is 0 Å². The van der Waals surface area contributed by atoms with Crippen LogP contribution in [0.2, 0.25) is 0 Å². The molecule has 1 spiro atoms. The average Bonchev–Trinajstić information content (AvgIpc) is 3.01. The lowest BCUT2D eigenvalue weighted by Crippen LogP contribution is -2.40. The van der Waals surface area contributed by atoms with Gasteiger partial charge >= 0.3 is 0 Å². The summed E-state index contributed by atoms with van der Waals surface area (Å²) in [7, 11) is 0.